The van der Waals surface area contributed by atoms with Crippen LogP contribution in [-0.2, 0) is 0 Å². The summed E-state index contributed by atoms with van der Waals surface area (Å²) in [5, 5.41) is 9.20. The molecule has 1 aliphatic carbocycles. The molecule has 1 nitrogen and oxygen atoms in total. The molecule has 0 aromatic rings. The Morgan fingerprint density at radius 3 is 2.75 bits per heavy atom. The van der Waals surface area contributed by atoms with Gasteiger partial charge in [-0.2, -0.15) is 0 Å². The highest BCUT2D eigenvalue weighted by atomic mass is 16.3. The lowest BCUT2D eigenvalue weighted by Gasteiger charge is -2.02. The molecule has 1 heteroatoms. The Morgan fingerprint density at radius 2 is 2.38 bits per heavy atom. The first-order chi connectivity index (χ1) is 3.77. The molecule has 0 aromatic carbocycles. The first kappa shape index (κ1) is 6.09. The van der Waals surface area contributed by atoms with E-state index in [0.29, 0.717) is 0 Å². The van der Waals surface area contributed by atoms with E-state index in [1.165, 1.54) is 6.42 Å². The normalized spacial score (nSPS) is 23.2. The predicted molar refractivity (Wildman–Crippen MR) is 33.4 cm³/mol. The lowest BCUT2D eigenvalue weighted by molar-refractivity contribution is 0.150. The van der Waals surface area contributed by atoms with Crippen molar-refractivity contribution in [1.29, 1.82) is 0 Å². The summed E-state index contributed by atoms with van der Waals surface area (Å²) in [5.41, 5.74) is -0.323. The van der Waals surface area contributed by atoms with Gasteiger partial charge in [-0.05, 0) is 19.3 Å². The van der Waals surface area contributed by atoms with E-state index in [-0.39, 0.29) is 5.60 Å². The van der Waals surface area contributed by atoms with E-state index in [2.05, 4.69) is 6.92 Å². The van der Waals surface area contributed by atoms with Crippen LogP contribution in [0.25, 0.3) is 0 Å². The molecule has 8 heavy (non-hydrogen) atoms. The Labute approximate surface area is 50.7 Å². The molecule has 1 radical (unpaired) electrons. The first-order valence-electron chi connectivity index (χ1n) is 3.33. The molecule has 0 amide bonds. The molecule has 0 saturated heterocycles. The summed E-state index contributed by atoms with van der Waals surface area (Å²) in [6.45, 7) is 2.14. The van der Waals surface area contributed by atoms with Crippen molar-refractivity contribution in [3.8, 4) is 0 Å². The smallest absolute Gasteiger partial charge is 0.0684 e. The Balaban J connectivity index is 2.01. The summed E-state index contributed by atoms with van der Waals surface area (Å²) < 4.78 is 0. The zero-order chi connectivity index (χ0) is 6.04. The molecule has 0 heterocycles. The quantitative estimate of drug-likeness (QED) is 0.588. The van der Waals surface area contributed by atoms with E-state index in [1.807, 2.05) is 6.42 Å². The van der Waals surface area contributed by atoms with Gasteiger partial charge in [0, 0.05) is 0 Å². The lowest BCUT2D eigenvalue weighted by atomic mass is 10.1. The van der Waals surface area contributed by atoms with Crippen molar-refractivity contribution in [3.63, 3.8) is 0 Å². The van der Waals surface area contributed by atoms with E-state index >= 15 is 0 Å². The molecule has 1 saturated carbocycles. The van der Waals surface area contributed by atoms with Crippen molar-refractivity contribution in [1.82, 2.24) is 0 Å². The van der Waals surface area contributed by atoms with Gasteiger partial charge in [-0.15, -0.1) is 0 Å². The van der Waals surface area contributed by atoms with Crippen molar-refractivity contribution in [2.24, 2.45) is 0 Å². The van der Waals surface area contributed by atoms with Crippen LogP contribution >= 0.6 is 0 Å². The predicted octanol–water partition coefficient (Wildman–Crippen LogP) is 1.52. The number of aliphatic hydroxyl groups is 1. The molecule has 0 aliphatic heterocycles. The Morgan fingerprint density at radius 1 is 1.75 bits per heavy atom. The van der Waals surface area contributed by atoms with Gasteiger partial charge in [-0.3, -0.25) is 0 Å². The minimum absolute atomic E-state index is 0.323. The fraction of sp³-hybridized carbons (Fsp3) is 0.857. The molecule has 0 bridgehead atoms. The van der Waals surface area contributed by atoms with Crippen LogP contribution in [0.5, 0.6) is 0 Å². The Kier molecular flexibility index (Phi) is 1.57. The van der Waals surface area contributed by atoms with Crippen molar-refractivity contribution in [3.05, 3.63) is 6.42 Å². The second kappa shape index (κ2) is 2.06. The van der Waals surface area contributed by atoms with Crippen LogP contribution in [0.1, 0.15) is 32.6 Å². The van der Waals surface area contributed by atoms with Gasteiger partial charge in [0.2, 0.25) is 0 Å². The molecule has 47 valence electrons. The monoisotopic (exact) mass is 113 g/mol. The number of hydrogen-bond donors (Lipinski definition) is 1. The maximum Gasteiger partial charge on any atom is 0.0684 e. The molecule has 1 aliphatic rings. The standard InChI is InChI=1S/C7H13O/c1-2-3-4-7(8)5-6-7/h5,8H,2-4,6H2,1H3. The SMILES string of the molecule is CCCCC1(O)[CH]C1. The zero-order valence-corrected chi connectivity index (χ0v) is 5.35. The largest absolute Gasteiger partial charge is 0.390 e. The maximum absolute atomic E-state index is 9.20. The third kappa shape index (κ3) is 1.48. The van der Waals surface area contributed by atoms with Gasteiger partial charge in [-0.1, -0.05) is 19.8 Å². The fourth-order valence-electron chi connectivity index (χ4n) is 0.805. The van der Waals surface area contributed by atoms with Crippen LogP contribution in [0.2, 0.25) is 0 Å². The van der Waals surface area contributed by atoms with Crippen LogP contribution in [0.4, 0.5) is 0 Å². The molecule has 1 unspecified atom stereocenters. The van der Waals surface area contributed by atoms with Gasteiger partial charge in [0.25, 0.3) is 0 Å². The second-order valence-corrected chi connectivity index (χ2v) is 2.62. The first-order valence-corrected chi connectivity index (χ1v) is 3.33. The molecule has 1 atom stereocenters. The lowest BCUT2D eigenvalue weighted by Crippen LogP contribution is -2.04. The maximum atomic E-state index is 9.20. The number of hydrogen-bond acceptors (Lipinski definition) is 1. The van der Waals surface area contributed by atoms with Crippen LogP contribution in [0.3, 0.4) is 0 Å². The average Bonchev–Trinajstić information content (AvgIpc) is 2.45. The third-order valence-electron chi connectivity index (χ3n) is 1.64. The van der Waals surface area contributed by atoms with Crippen LogP contribution in [-0.4, -0.2) is 10.7 Å². The van der Waals surface area contributed by atoms with Crippen LogP contribution in [0.15, 0.2) is 0 Å². The minimum atomic E-state index is -0.323. The molecule has 1 N–H and O–H groups in total. The van der Waals surface area contributed by atoms with Gasteiger partial charge in [0.15, 0.2) is 0 Å². The molecular weight excluding hydrogens is 100 g/mol. The number of unbranched alkanes of at least 4 members (excludes halogenated alkanes) is 1. The second-order valence-electron chi connectivity index (χ2n) is 2.62. The summed E-state index contributed by atoms with van der Waals surface area (Å²) in [6.07, 6.45) is 6.22. The third-order valence-corrected chi connectivity index (χ3v) is 1.64. The Bertz CT molecular complexity index is 74.5. The average molecular weight is 113 g/mol. The van der Waals surface area contributed by atoms with Gasteiger partial charge in [0.1, 0.15) is 0 Å². The van der Waals surface area contributed by atoms with E-state index in [9.17, 15) is 5.11 Å². The van der Waals surface area contributed by atoms with Crippen molar-refractivity contribution >= 4 is 0 Å². The van der Waals surface area contributed by atoms with Gasteiger partial charge >= 0.3 is 0 Å². The van der Waals surface area contributed by atoms with Crippen molar-refractivity contribution < 1.29 is 5.11 Å². The van der Waals surface area contributed by atoms with Crippen molar-refractivity contribution in [2.75, 3.05) is 0 Å². The van der Waals surface area contributed by atoms with E-state index < -0.39 is 0 Å². The van der Waals surface area contributed by atoms with Gasteiger partial charge in [-0.25, -0.2) is 0 Å². The topological polar surface area (TPSA) is 20.2 Å². The van der Waals surface area contributed by atoms with E-state index in [0.717, 1.165) is 19.3 Å². The molecule has 0 aromatic heterocycles. The molecule has 1 fully saturated rings. The Hall–Kier alpha value is -0.0400. The molecule has 0 spiro atoms. The summed E-state index contributed by atoms with van der Waals surface area (Å²) in [4.78, 5) is 0. The summed E-state index contributed by atoms with van der Waals surface area (Å²) in [6, 6.07) is 0. The van der Waals surface area contributed by atoms with Gasteiger partial charge < -0.3 is 5.11 Å². The van der Waals surface area contributed by atoms with Crippen molar-refractivity contribution in [2.45, 2.75) is 38.2 Å². The molecular formula is C7H13O. The molecule has 1 rings (SSSR count). The van der Waals surface area contributed by atoms with Gasteiger partial charge in [0.05, 0.1) is 5.60 Å². The highest BCUT2D eigenvalue weighted by molar-refractivity contribution is 5.11. The summed E-state index contributed by atoms with van der Waals surface area (Å²) >= 11 is 0. The fourth-order valence-corrected chi connectivity index (χ4v) is 0.805. The highest BCUT2D eigenvalue weighted by Crippen LogP contribution is 2.38. The summed E-state index contributed by atoms with van der Waals surface area (Å²) in [7, 11) is 0. The zero-order valence-electron chi connectivity index (χ0n) is 5.35. The highest BCUT2D eigenvalue weighted by Gasteiger charge is 2.39. The minimum Gasteiger partial charge on any atom is -0.390 e. The summed E-state index contributed by atoms with van der Waals surface area (Å²) in [5.74, 6) is 0. The van der Waals surface area contributed by atoms with Crippen LogP contribution in [0, 0.1) is 6.42 Å². The van der Waals surface area contributed by atoms with Crippen LogP contribution < -0.4 is 0 Å². The number of rotatable bonds is 3. The van der Waals surface area contributed by atoms with E-state index in [1.54, 1.807) is 0 Å². The van der Waals surface area contributed by atoms with E-state index in [4.69, 9.17) is 0 Å².